The molecular formula is C14H18N4O. The molecule has 5 heteroatoms. The van der Waals surface area contributed by atoms with Crippen molar-refractivity contribution < 1.29 is 4.79 Å². The van der Waals surface area contributed by atoms with Gasteiger partial charge in [0.25, 0.3) is 5.91 Å². The van der Waals surface area contributed by atoms with Crippen LogP contribution in [0.1, 0.15) is 28.7 Å². The standard InChI is InChI=1S/C14H18N4O/c1-4-18-13(12(15)10(3)17-18)14(19)16-11-7-5-9(2)6-8-11/h5-8H,4,15H2,1-3H3,(H,16,19). The number of nitrogens with one attached hydrogen (secondary N) is 1. The maximum Gasteiger partial charge on any atom is 0.276 e. The lowest BCUT2D eigenvalue weighted by Crippen LogP contribution is -2.18. The van der Waals surface area contributed by atoms with E-state index >= 15 is 0 Å². The van der Waals surface area contributed by atoms with Crippen molar-refractivity contribution in [2.45, 2.75) is 27.3 Å². The number of carbonyl (C=O) groups is 1. The number of rotatable bonds is 3. The summed E-state index contributed by atoms with van der Waals surface area (Å²) in [4.78, 5) is 12.3. The summed E-state index contributed by atoms with van der Waals surface area (Å²) < 4.78 is 1.62. The molecule has 0 saturated heterocycles. The number of nitrogens with zero attached hydrogens (tertiary/aromatic N) is 2. The second-order valence-corrected chi connectivity index (χ2v) is 4.48. The van der Waals surface area contributed by atoms with Crippen LogP contribution in [-0.4, -0.2) is 15.7 Å². The zero-order valence-electron chi connectivity index (χ0n) is 11.4. The van der Waals surface area contributed by atoms with Crippen LogP contribution in [0, 0.1) is 13.8 Å². The van der Waals surface area contributed by atoms with Crippen molar-refractivity contribution in [1.82, 2.24) is 9.78 Å². The first-order valence-electron chi connectivity index (χ1n) is 6.23. The number of benzene rings is 1. The maximum atomic E-state index is 12.3. The van der Waals surface area contributed by atoms with Gasteiger partial charge in [0.2, 0.25) is 0 Å². The lowest BCUT2D eigenvalue weighted by atomic mass is 10.2. The summed E-state index contributed by atoms with van der Waals surface area (Å²) in [6.45, 7) is 6.33. The molecule has 0 radical (unpaired) electrons. The van der Waals surface area contributed by atoms with Gasteiger partial charge in [-0.3, -0.25) is 9.48 Å². The largest absolute Gasteiger partial charge is 0.395 e. The number of carbonyl (C=O) groups excluding carboxylic acids is 1. The minimum Gasteiger partial charge on any atom is -0.395 e. The number of hydrogen-bond donors (Lipinski definition) is 2. The summed E-state index contributed by atoms with van der Waals surface area (Å²) in [6.07, 6.45) is 0. The van der Waals surface area contributed by atoms with Crippen molar-refractivity contribution in [2.75, 3.05) is 11.1 Å². The van der Waals surface area contributed by atoms with E-state index in [0.717, 1.165) is 11.3 Å². The van der Waals surface area contributed by atoms with Gasteiger partial charge in [0, 0.05) is 12.2 Å². The number of amides is 1. The molecule has 1 heterocycles. The van der Waals surface area contributed by atoms with Crippen molar-refractivity contribution >= 4 is 17.3 Å². The Bertz CT molecular complexity index is 599. The molecule has 0 aliphatic carbocycles. The molecule has 0 bridgehead atoms. The van der Waals surface area contributed by atoms with Crippen LogP contribution in [0.4, 0.5) is 11.4 Å². The van der Waals surface area contributed by atoms with E-state index in [4.69, 9.17) is 5.73 Å². The fourth-order valence-corrected chi connectivity index (χ4v) is 1.89. The second kappa shape index (κ2) is 5.14. The molecule has 0 aliphatic rings. The van der Waals surface area contributed by atoms with Gasteiger partial charge in [0.15, 0.2) is 0 Å². The lowest BCUT2D eigenvalue weighted by Gasteiger charge is -2.07. The fraction of sp³-hybridized carbons (Fsp3) is 0.286. The van der Waals surface area contributed by atoms with Crippen LogP contribution >= 0.6 is 0 Å². The molecule has 0 spiro atoms. The maximum absolute atomic E-state index is 12.3. The zero-order valence-corrected chi connectivity index (χ0v) is 11.4. The Hall–Kier alpha value is -2.30. The summed E-state index contributed by atoms with van der Waals surface area (Å²) in [5.41, 5.74) is 9.34. The quantitative estimate of drug-likeness (QED) is 0.887. The normalized spacial score (nSPS) is 10.5. The third-order valence-electron chi connectivity index (χ3n) is 3.00. The van der Waals surface area contributed by atoms with Crippen molar-refractivity contribution in [1.29, 1.82) is 0 Å². The van der Waals surface area contributed by atoms with E-state index in [1.165, 1.54) is 0 Å². The van der Waals surface area contributed by atoms with Gasteiger partial charge in [0.1, 0.15) is 5.69 Å². The highest BCUT2D eigenvalue weighted by Crippen LogP contribution is 2.18. The third-order valence-corrected chi connectivity index (χ3v) is 3.00. The molecule has 0 fully saturated rings. The Labute approximate surface area is 112 Å². The van der Waals surface area contributed by atoms with E-state index in [1.54, 1.807) is 11.6 Å². The number of hydrogen-bond acceptors (Lipinski definition) is 3. The summed E-state index contributed by atoms with van der Waals surface area (Å²) >= 11 is 0. The Balaban J connectivity index is 2.27. The number of nitrogen functional groups attached to an aromatic ring is 1. The zero-order chi connectivity index (χ0) is 14.0. The van der Waals surface area contributed by atoms with E-state index in [1.807, 2.05) is 38.1 Å². The second-order valence-electron chi connectivity index (χ2n) is 4.48. The van der Waals surface area contributed by atoms with Gasteiger partial charge < -0.3 is 11.1 Å². The number of anilines is 2. The first kappa shape index (κ1) is 13.1. The van der Waals surface area contributed by atoms with Gasteiger partial charge in [-0.15, -0.1) is 0 Å². The van der Waals surface area contributed by atoms with E-state index in [9.17, 15) is 4.79 Å². The van der Waals surface area contributed by atoms with Crippen LogP contribution in [0.5, 0.6) is 0 Å². The summed E-state index contributed by atoms with van der Waals surface area (Å²) in [6, 6.07) is 7.62. The highest BCUT2D eigenvalue weighted by molar-refractivity contribution is 6.06. The van der Waals surface area contributed by atoms with Gasteiger partial charge >= 0.3 is 0 Å². The molecule has 0 aliphatic heterocycles. The summed E-state index contributed by atoms with van der Waals surface area (Å²) in [5.74, 6) is -0.233. The van der Waals surface area contributed by atoms with Gasteiger partial charge in [-0.2, -0.15) is 5.10 Å². The number of aromatic nitrogens is 2. The molecule has 1 amide bonds. The molecule has 1 aromatic carbocycles. The average Bonchev–Trinajstić information content (AvgIpc) is 2.68. The van der Waals surface area contributed by atoms with E-state index in [-0.39, 0.29) is 5.91 Å². The van der Waals surface area contributed by atoms with Gasteiger partial charge in [-0.05, 0) is 32.9 Å². The lowest BCUT2D eigenvalue weighted by molar-refractivity contribution is 0.101. The molecule has 1 aromatic heterocycles. The van der Waals surface area contributed by atoms with E-state index < -0.39 is 0 Å². The van der Waals surface area contributed by atoms with Crippen molar-refractivity contribution in [3.05, 3.63) is 41.2 Å². The molecule has 19 heavy (non-hydrogen) atoms. The first-order valence-corrected chi connectivity index (χ1v) is 6.23. The van der Waals surface area contributed by atoms with Crippen LogP contribution in [0.3, 0.4) is 0 Å². The SMILES string of the molecule is CCn1nc(C)c(N)c1C(=O)Nc1ccc(C)cc1. The predicted molar refractivity (Wildman–Crippen MR) is 76.2 cm³/mol. The van der Waals surface area contributed by atoms with Crippen molar-refractivity contribution in [2.24, 2.45) is 0 Å². The van der Waals surface area contributed by atoms with Crippen LogP contribution in [-0.2, 0) is 6.54 Å². The smallest absolute Gasteiger partial charge is 0.276 e. The molecule has 2 rings (SSSR count). The van der Waals surface area contributed by atoms with E-state index in [0.29, 0.717) is 23.6 Å². The monoisotopic (exact) mass is 258 g/mol. The molecule has 0 atom stereocenters. The molecule has 0 unspecified atom stereocenters. The van der Waals surface area contributed by atoms with E-state index in [2.05, 4.69) is 10.4 Å². The highest BCUT2D eigenvalue weighted by Gasteiger charge is 2.18. The van der Waals surface area contributed by atoms with Crippen LogP contribution < -0.4 is 11.1 Å². The third kappa shape index (κ3) is 2.59. The first-order chi connectivity index (χ1) is 9.02. The average molecular weight is 258 g/mol. The Morgan fingerprint density at radius 3 is 2.53 bits per heavy atom. The van der Waals surface area contributed by atoms with Crippen LogP contribution in [0.15, 0.2) is 24.3 Å². The Morgan fingerprint density at radius 2 is 1.95 bits per heavy atom. The van der Waals surface area contributed by atoms with Crippen molar-refractivity contribution in [3.63, 3.8) is 0 Å². The molecule has 2 aromatic rings. The summed E-state index contributed by atoms with van der Waals surface area (Å²) in [7, 11) is 0. The van der Waals surface area contributed by atoms with Gasteiger partial charge in [-0.25, -0.2) is 0 Å². The number of nitrogens with two attached hydrogens (primary N) is 1. The van der Waals surface area contributed by atoms with Crippen LogP contribution in [0.25, 0.3) is 0 Å². The molecular weight excluding hydrogens is 240 g/mol. The number of aryl methyl sites for hydroxylation is 3. The van der Waals surface area contributed by atoms with Crippen LogP contribution in [0.2, 0.25) is 0 Å². The van der Waals surface area contributed by atoms with Gasteiger partial charge in [-0.1, -0.05) is 17.7 Å². The highest BCUT2D eigenvalue weighted by atomic mass is 16.2. The minimum absolute atomic E-state index is 0.233. The Kier molecular flexibility index (Phi) is 3.55. The predicted octanol–water partition coefficient (Wildman–Crippen LogP) is 2.35. The molecule has 3 N–H and O–H groups in total. The topological polar surface area (TPSA) is 72.9 Å². The minimum atomic E-state index is -0.233. The molecule has 100 valence electrons. The Morgan fingerprint density at radius 1 is 1.32 bits per heavy atom. The fourth-order valence-electron chi connectivity index (χ4n) is 1.89. The van der Waals surface area contributed by atoms with Gasteiger partial charge in [0.05, 0.1) is 11.4 Å². The molecule has 0 saturated carbocycles. The molecule has 5 nitrogen and oxygen atoms in total. The van der Waals surface area contributed by atoms with Crippen molar-refractivity contribution in [3.8, 4) is 0 Å². The summed E-state index contributed by atoms with van der Waals surface area (Å²) in [5, 5.41) is 7.07.